The standard InChI is InChI=1S/C24H31N9OS/c34-22-20(23-29-17-5-1-2-6-18(17)35-23)21(28-16-4-3-7-25-14-16)30-24(31-22)33-12-10-32(11-13-33)19-15-26-8-9-27-19/h1-2,5-6,8-9,15-16,20-21,24-25,28,30H,3-4,7,10-14H2,(H,31,34)/t16-,20?,21?,24?/m1/s1. The molecule has 4 N–H and O–H groups in total. The van der Waals surface area contributed by atoms with Crippen molar-refractivity contribution >= 4 is 33.3 Å². The van der Waals surface area contributed by atoms with Gasteiger partial charge in [-0.25, -0.2) is 9.97 Å². The minimum Gasteiger partial charge on any atom is -0.353 e. The van der Waals surface area contributed by atoms with E-state index in [4.69, 9.17) is 4.98 Å². The molecule has 0 aliphatic carbocycles. The molecular weight excluding hydrogens is 462 g/mol. The Morgan fingerprint density at radius 3 is 2.77 bits per heavy atom. The normalized spacial score (nSPS) is 28.2. The summed E-state index contributed by atoms with van der Waals surface area (Å²) in [6.07, 6.45) is 7.03. The number of aromatic nitrogens is 3. The second kappa shape index (κ2) is 10.1. The zero-order valence-electron chi connectivity index (χ0n) is 19.6. The van der Waals surface area contributed by atoms with Crippen molar-refractivity contribution in [2.45, 2.75) is 37.3 Å². The first-order chi connectivity index (χ1) is 17.2. The van der Waals surface area contributed by atoms with Gasteiger partial charge in [0.05, 0.1) is 22.6 Å². The molecule has 4 atom stereocenters. The van der Waals surface area contributed by atoms with Gasteiger partial charge in [0, 0.05) is 51.2 Å². The number of piperazine rings is 1. The SMILES string of the molecule is O=C1NC(N2CCN(c3cnccn3)CC2)NC(N[C@@H]2CCCNC2)C1c1nc2ccccc2s1. The minimum absolute atomic E-state index is 0.0189. The first-order valence-electron chi connectivity index (χ1n) is 12.4. The Hall–Kier alpha value is -2.70. The summed E-state index contributed by atoms with van der Waals surface area (Å²) in [5, 5.41) is 15.1. The first-order valence-corrected chi connectivity index (χ1v) is 13.2. The molecule has 3 saturated heterocycles. The molecule has 11 heteroatoms. The number of carbonyl (C=O) groups is 1. The van der Waals surface area contributed by atoms with Gasteiger partial charge in [0.25, 0.3) is 0 Å². The lowest BCUT2D eigenvalue weighted by Crippen LogP contribution is -2.72. The van der Waals surface area contributed by atoms with Gasteiger partial charge in [-0.15, -0.1) is 11.3 Å². The smallest absolute Gasteiger partial charge is 0.235 e. The maximum absolute atomic E-state index is 13.6. The van der Waals surface area contributed by atoms with E-state index in [1.807, 2.05) is 18.2 Å². The molecule has 3 aliphatic heterocycles. The minimum atomic E-state index is -0.383. The Bertz CT molecular complexity index is 1110. The fourth-order valence-corrected chi connectivity index (χ4v) is 6.32. The van der Waals surface area contributed by atoms with Crippen LogP contribution in [0.4, 0.5) is 5.82 Å². The summed E-state index contributed by atoms with van der Waals surface area (Å²) in [6.45, 7) is 5.26. The number of nitrogens with one attached hydrogen (secondary N) is 4. The van der Waals surface area contributed by atoms with E-state index in [9.17, 15) is 4.79 Å². The van der Waals surface area contributed by atoms with E-state index in [0.717, 1.165) is 73.2 Å². The quantitative estimate of drug-likeness (QED) is 0.407. The molecule has 5 heterocycles. The van der Waals surface area contributed by atoms with Crippen LogP contribution in [0.5, 0.6) is 0 Å². The van der Waals surface area contributed by atoms with Gasteiger partial charge in [0.2, 0.25) is 5.91 Å². The van der Waals surface area contributed by atoms with Crippen LogP contribution in [-0.4, -0.2) is 83.5 Å². The molecular formula is C24H31N9OS. The molecule has 10 nitrogen and oxygen atoms in total. The fourth-order valence-electron chi connectivity index (χ4n) is 5.21. The molecule has 3 unspecified atom stereocenters. The number of piperidine rings is 1. The highest BCUT2D eigenvalue weighted by Gasteiger charge is 2.42. The topological polar surface area (TPSA) is 110 Å². The van der Waals surface area contributed by atoms with Gasteiger partial charge < -0.3 is 15.5 Å². The summed E-state index contributed by atoms with van der Waals surface area (Å²) in [7, 11) is 0. The zero-order chi connectivity index (χ0) is 23.6. The third-order valence-corrected chi connectivity index (χ3v) is 8.19. The molecule has 3 aromatic rings. The van der Waals surface area contributed by atoms with Crippen LogP contribution >= 0.6 is 11.3 Å². The lowest BCUT2D eigenvalue weighted by atomic mass is 10.00. The highest BCUT2D eigenvalue weighted by atomic mass is 32.1. The van der Waals surface area contributed by atoms with E-state index in [0.29, 0.717) is 6.04 Å². The van der Waals surface area contributed by atoms with E-state index in [-0.39, 0.29) is 24.3 Å². The van der Waals surface area contributed by atoms with Crippen LogP contribution in [0.25, 0.3) is 10.2 Å². The Morgan fingerprint density at radius 1 is 1.11 bits per heavy atom. The van der Waals surface area contributed by atoms with Crippen molar-refractivity contribution in [3.63, 3.8) is 0 Å². The Kier molecular flexibility index (Phi) is 6.57. The lowest BCUT2D eigenvalue weighted by Gasteiger charge is -2.46. The van der Waals surface area contributed by atoms with Gasteiger partial charge in [-0.3, -0.25) is 25.3 Å². The van der Waals surface area contributed by atoms with Crippen molar-refractivity contribution < 1.29 is 4.79 Å². The van der Waals surface area contributed by atoms with Crippen molar-refractivity contribution in [1.82, 2.24) is 41.1 Å². The molecule has 6 rings (SSSR count). The average molecular weight is 494 g/mol. The number of hydrogen-bond donors (Lipinski definition) is 4. The average Bonchev–Trinajstić information content (AvgIpc) is 3.33. The number of anilines is 1. The van der Waals surface area contributed by atoms with Gasteiger partial charge in [-0.1, -0.05) is 12.1 Å². The number of fused-ring (bicyclic) bond motifs is 1. The molecule has 1 amide bonds. The maximum atomic E-state index is 13.6. The number of para-hydroxylation sites is 1. The molecule has 0 radical (unpaired) electrons. The van der Waals surface area contributed by atoms with Gasteiger partial charge in [0.1, 0.15) is 23.0 Å². The number of carbonyl (C=O) groups excluding carboxylic acids is 1. The van der Waals surface area contributed by atoms with Crippen LogP contribution in [-0.2, 0) is 4.79 Å². The molecule has 3 aliphatic rings. The number of rotatable bonds is 5. The predicted octanol–water partition coefficient (Wildman–Crippen LogP) is 0.663. The lowest BCUT2D eigenvalue weighted by molar-refractivity contribution is -0.129. The van der Waals surface area contributed by atoms with E-state index < -0.39 is 0 Å². The molecule has 184 valence electrons. The summed E-state index contributed by atoms with van der Waals surface area (Å²) in [5.41, 5.74) is 0.945. The molecule has 2 aromatic heterocycles. The van der Waals surface area contributed by atoms with E-state index in [1.54, 1.807) is 29.9 Å². The molecule has 3 fully saturated rings. The Balaban J connectivity index is 1.20. The van der Waals surface area contributed by atoms with Crippen molar-refractivity contribution in [2.75, 3.05) is 44.2 Å². The largest absolute Gasteiger partial charge is 0.353 e. The van der Waals surface area contributed by atoms with E-state index in [1.165, 1.54) is 0 Å². The highest BCUT2D eigenvalue weighted by Crippen LogP contribution is 2.31. The first kappa shape index (κ1) is 22.7. The maximum Gasteiger partial charge on any atom is 0.235 e. The van der Waals surface area contributed by atoms with Gasteiger partial charge in [-0.05, 0) is 31.5 Å². The second-order valence-corrected chi connectivity index (χ2v) is 10.4. The molecule has 35 heavy (non-hydrogen) atoms. The monoisotopic (exact) mass is 493 g/mol. The van der Waals surface area contributed by atoms with E-state index >= 15 is 0 Å². The zero-order valence-corrected chi connectivity index (χ0v) is 20.4. The summed E-state index contributed by atoms with van der Waals surface area (Å²) in [6, 6.07) is 8.40. The fraction of sp³-hybridized carbons (Fsp3) is 0.500. The number of hydrogen-bond acceptors (Lipinski definition) is 10. The number of amides is 1. The van der Waals surface area contributed by atoms with Crippen LogP contribution in [0.1, 0.15) is 23.8 Å². The molecule has 0 bridgehead atoms. The van der Waals surface area contributed by atoms with E-state index in [2.05, 4.69) is 47.1 Å². The van der Waals surface area contributed by atoms with Gasteiger partial charge in [0.15, 0.2) is 0 Å². The van der Waals surface area contributed by atoms with Crippen molar-refractivity contribution in [2.24, 2.45) is 0 Å². The molecule has 0 saturated carbocycles. The second-order valence-electron chi connectivity index (χ2n) is 9.35. The van der Waals surface area contributed by atoms with Crippen LogP contribution in [0.2, 0.25) is 0 Å². The van der Waals surface area contributed by atoms with Crippen LogP contribution in [0.3, 0.4) is 0 Å². The molecule has 1 aromatic carbocycles. The third kappa shape index (κ3) is 4.87. The van der Waals surface area contributed by atoms with Crippen LogP contribution in [0, 0.1) is 0 Å². The summed E-state index contributed by atoms with van der Waals surface area (Å²) >= 11 is 1.61. The number of thiazole rings is 1. The Morgan fingerprint density at radius 2 is 2.00 bits per heavy atom. The van der Waals surface area contributed by atoms with Gasteiger partial charge >= 0.3 is 0 Å². The predicted molar refractivity (Wildman–Crippen MR) is 136 cm³/mol. The Labute approximate surface area is 208 Å². The number of benzene rings is 1. The molecule has 0 spiro atoms. The third-order valence-electron chi connectivity index (χ3n) is 7.07. The van der Waals surface area contributed by atoms with Crippen LogP contribution < -0.4 is 26.2 Å². The summed E-state index contributed by atoms with van der Waals surface area (Å²) < 4.78 is 1.11. The van der Waals surface area contributed by atoms with Crippen molar-refractivity contribution in [3.8, 4) is 0 Å². The van der Waals surface area contributed by atoms with Gasteiger partial charge in [-0.2, -0.15) is 0 Å². The van der Waals surface area contributed by atoms with Crippen molar-refractivity contribution in [1.29, 1.82) is 0 Å². The van der Waals surface area contributed by atoms with Crippen molar-refractivity contribution in [3.05, 3.63) is 47.9 Å². The highest BCUT2D eigenvalue weighted by molar-refractivity contribution is 7.18. The summed E-state index contributed by atoms with van der Waals surface area (Å²) in [4.78, 5) is 31.6. The summed E-state index contributed by atoms with van der Waals surface area (Å²) in [5.74, 6) is 0.532. The number of nitrogens with zero attached hydrogens (tertiary/aromatic N) is 5. The van der Waals surface area contributed by atoms with Crippen LogP contribution in [0.15, 0.2) is 42.9 Å².